The molecule has 408 valence electrons. The summed E-state index contributed by atoms with van der Waals surface area (Å²) in [6.07, 6.45) is 26.9. The van der Waals surface area contributed by atoms with Crippen molar-refractivity contribution in [2.75, 3.05) is 0 Å². The van der Waals surface area contributed by atoms with Crippen molar-refractivity contribution in [2.24, 2.45) is 130 Å². The number of rotatable bonds is 16. The fourth-order valence-corrected chi connectivity index (χ4v) is 14.7. The van der Waals surface area contributed by atoms with Gasteiger partial charge in [-0.15, -0.1) is 0 Å². The lowest BCUT2D eigenvalue weighted by atomic mass is 9.70. The first kappa shape index (κ1) is 71.3. The van der Waals surface area contributed by atoms with Gasteiger partial charge in [0.1, 0.15) is 0 Å². The monoisotopic (exact) mass is 945 g/mol. The zero-order valence-corrected chi connectivity index (χ0v) is 51.4. The topological polar surface area (TPSA) is 0 Å². The molecule has 0 spiro atoms. The van der Waals surface area contributed by atoms with Gasteiger partial charge in [-0.2, -0.15) is 0 Å². The van der Waals surface area contributed by atoms with E-state index in [-0.39, 0.29) is 7.43 Å². The van der Waals surface area contributed by atoms with E-state index in [1.807, 2.05) is 0 Å². The molecule has 4 saturated carbocycles. The summed E-state index contributed by atoms with van der Waals surface area (Å²) in [7, 11) is 0. The Hall–Kier alpha value is 0. The molecule has 0 saturated heterocycles. The first-order chi connectivity index (χ1) is 30.6. The molecule has 0 nitrogen and oxygen atoms in total. The lowest BCUT2D eigenvalue weighted by Gasteiger charge is -2.35. The molecule has 4 aliphatic carbocycles. The Morgan fingerprint density at radius 3 is 0.388 bits per heavy atom. The van der Waals surface area contributed by atoms with E-state index in [1.54, 1.807) is 0 Å². The smallest absolute Gasteiger partial charge is 0.0340 e. The van der Waals surface area contributed by atoms with E-state index in [1.165, 1.54) is 116 Å². The molecular formula is C67H140. The van der Waals surface area contributed by atoms with Crippen LogP contribution in [-0.2, 0) is 0 Å². The number of hydrogen-bond donors (Lipinski definition) is 0. The van der Waals surface area contributed by atoms with Crippen molar-refractivity contribution < 1.29 is 0 Å². The molecule has 67 heavy (non-hydrogen) atoms. The minimum Gasteiger partial charge on any atom is -0.0776 e. The van der Waals surface area contributed by atoms with Gasteiger partial charge in [0.15, 0.2) is 0 Å². The van der Waals surface area contributed by atoms with Gasteiger partial charge < -0.3 is 0 Å². The van der Waals surface area contributed by atoms with Crippen molar-refractivity contribution in [1.29, 1.82) is 0 Å². The lowest BCUT2D eigenvalue weighted by Crippen LogP contribution is -2.27. The molecule has 0 atom stereocenters. The van der Waals surface area contributed by atoms with E-state index < -0.39 is 0 Å². The average molecular weight is 946 g/mol. The van der Waals surface area contributed by atoms with Gasteiger partial charge in [0.25, 0.3) is 0 Å². The van der Waals surface area contributed by atoms with Gasteiger partial charge in [-0.1, -0.05) is 303 Å². The molecule has 0 unspecified atom stereocenters. The second-order valence-electron chi connectivity index (χ2n) is 27.8. The van der Waals surface area contributed by atoms with Crippen LogP contribution in [0.15, 0.2) is 0 Å². The Bertz CT molecular complexity index is 894. The third-order valence-corrected chi connectivity index (χ3v) is 18.6. The van der Waals surface area contributed by atoms with Crippen molar-refractivity contribution in [3.05, 3.63) is 0 Å². The summed E-state index contributed by atoms with van der Waals surface area (Å²) >= 11 is 0. The van der Waals surface area contributed by atoms with Crippen LogP contribution in [0.4, 0.5) is 0 Å². The van der Waals surface area contributed by atoms with E-state index in [4.69, 9.17) is 0 Å². The van der Waals surface area contributed by atoms with Crippen LogP contribution in [0.2, 0.25) is 0 Å². The number of hydrogen-bond acceptors (Lipinski definition) is 0. The minimum absolute atomic E-state index is 0. The molecule has 0 heterocycles. The Labute approximate surface area is 431 Å². The molecular weight excluding hydrogens is 805 g/mol. The highest BCUT2D eigenvalue weighted by Crippen LogP contribution is 2.41. The van der Waals surface area contributed by atoms with Crippen LogP contribution < -0.4 is 0 Å². The molecule has 0 radical (unpaired) electrons. The first-order valence-electron chi connectivity index (χ1n) is 30.6. The average Bonchev–Trinajstić information content (AvgIpc) is 3.94. The third kappa shape index (κ3) is 30.6. The molecule has 4 rings (SSSR count). The maximum absolute atomic E-state index is 2.40. The summed E-state index contributed by atoms with van der Waals surface area (Å²) in [5.74, 6) is 20.2. The van der Waals surface area contributed by atoms with Crippen molar-refractivity contribution in [1.82, 2.24) is 0 Å². The quantitative estimate of drug-likeness (QED) is 0.145. The van der Waals surface area contributed by atoms with Crippen LogP contribution in [-0.4, -0.2) is 0 Å². The standard InChI is InChI=1S/2C13H26.2C12H24.2C8H18.CH4/c2*1-10(2)13(11(3)4)12-8-6-5-7-9-12;2*1-9(2)12(10(3)4)11-7-5-6-8-11;2*1-6(2)8(5)7(3)4;/h2*10-13H,5-9H2,1-4H3;2*9-12H,5-8H2,1-4H3;2*6-8H,1-5H3;1H4. The highest BCUT2D eigenvalue weighted by Gasteiger charge is 2.32. The van der Waals surface area contributed by atoms with Gasteiger partial charge in [-0.05, 0) is 130 Å². The van der Waals surface area contributed by atoms with E-state index in [9.17, 15) is 0 Å². The molecule has 0 aromatic rings. The summed E-state index contributed by atoms with van der Waals surface area (Å²) < 4.78 is 0. The van der Waals surface area contributed by atoms with Crippen LogP contribution in [0.1, 0.15) is 303 Å². The Kier molecular flexibility index (Phi) is 42.0. The molecule has 0 heteroatoms. The SMILES string of the molecule is C.CC(C)C(C(C)C)C1CCCC1.CC(C)C(C(C)C)C1CCCC1.CC(C)C(C(C)C)C1CCCCC1.CC(C)C(C(C)C)C1CCCCC1.CC(C)C(C)C(C)C.CC(C)C(C)C(C)C. The van der Waals surface area contributed by atoms with Gasteiger partial charge in [0, 0.05) is 0 Å². The minimum atomic E-state index is 0. The second-order valence-corrected chi connectivity index (χ2v) is 27.8. The Morgan fingerprint density at radius 2 is 0.299 bits per heavy atom. The van der Waals surface area contributed by atoms with Crippen LogP contribution in [0.5, 0.6) is 0 Å². The van der Waals surface area contributed by atoms with Crippen LogP contribution >= 0.6 is 0 Å². The van der Waals surface area contributed by atoms with Crippen LogP contribution in [0, 0.1) is 130 Å². The Balaban J connectivity index is -0.000000739. The van der Waals surface area contributed by atoms with Crippen LogP contribution in [0.25, 0.3) is 0 Å². The second kappa shape index (κ2) is 39.5. The van der Waals surface area contributed by atoms with Gasteiger partial charge in [-0.3, -0.25) is 0 Å². The zero-order valence-electron chi connectivity index (χ0n) is 51.4. The van der Waals surface area contributed by atoms with Gasteiger partial charge in [0.2, 0.25) is 0 Å². The van der Waals surface area contributed by atoms with Crippen LogP contribution in [0.3, 0.4) is 0 Å². The summed E-state index contributed by atoms with van der Waals surface area (Å²) in [5, 5.41) is 0. The molecule has 4 fully saturated rings. The molecule has 0 aromatic carbocycles. The van der Waals surface area contributed by atoms with Gasteiger partial charge in [-0.25, -0.2) is 0 Å². The van der Waals surface area contributed by atoms with E-state index in [0.29, 0.717) is 0 Å². The molecule has 0 aliphatic heterocycles. The van der Waals surface area contributed by atoms with Gasteiger partial charge >= 0.3 is 0 Å². The zero-order chi connectivity index (χ0) is 51.4. The van der Waals surface area contributed by atoms with Crippen molar-refractivity contribution in [3.63, 3.8) is 0 Å². The van der Waals surface area contributed by atoms with E-state index in [0.717, 1.165) is 130 Å². The maximum Gasteiger partial charge on any atom is -0.0340 e. The van der Waals surface area contributed by atoms with Crippen molar-refractivity contribution in [3.8, 4) is 0 Å². The summed E-state index contributed by atoms with van der Waals surface area (Å²) in [6.45, 7) is 61.2. The normalized spacial score (nSPS) is 18.1. The van der Waals surface area contributed by atoms with Crippen molar-refractivity contribution in [2.45, 2.75) is 303 Å². The highest BCUT2D eigenvalue weighted by atomic mass is 14.4. The fourth-order valence-electron chi connectivity index (χ4n) is 14.7. The first-order valence-corrected chi connectivity index (χ1v) is 30.6. The lowest BCUT2D eigenvalue weighted by molar-refractivity contribution is 0.146. The molecule has 0 bridgehead atoms. The molecule has 0 N–H and O–H groups in total. The molecule has 0 amide bonds. The van der Waals surface area contributed by atoms with E-state index >= 15 is 0 Å². The highest BCUT2D eigenvalue weighted by molar-refractivity contribution is 4.82. The largest absolute Gasteiger partial charge is 0.0776 e. The van der Waals surface area contributed by atoms with Gasteiger partial charge in [0.05, 0.1) is 0 Å². The summed E-state index contributed by atoms with van der Waals surface area (Å²) in [5.41, 5.74) is 0. The molecule has 0 aromatic heterocycles. The summed E-state index contributed by atoms with van der Waals surface area (Å²) in [4.78, 5) is 0. The van der Waals surface area contributed by atoms with Crippen molar-refractivity contribution >= 4 is 0 Å². The Morgan fingerprint density at radius 1 is 0.179 bits per heavy atom. The predicted molar refractivity (Wildman–Crippen MR) is 314 cm³/mol. The molecule has 4 aliphatic rings. The third-order valence-electron chi connectivity index (χ3n) is 18.6. The maximum atomic E-state index is 2.40. The summed E-state index contributed by atoms with van der Waals surface area (Å²) in [6, 6.07) is 0. The fraction of sp³-hybridized carbons (Fsp3) is 1.00. The van der Waals surface area contributed by atoms with E-state index in [2.05, 4.69) is 180 Å². The predicted octanol–water partition coefficient (Wildman–Crippen LogP) is 23.7.